The molecular weight excluding hydrogens is 526 g/mol. The summed E-state index contributed by atoms with van der Waals surface area (Å²) in [5, 5.41) is 4.63. The van der Waals surface area contributed by atoms with Crippen LogP contribution in [-0.4, -0.2) is 80.7 Å². The molecule has 2 N–H and O–H groups in total. The van der Waals surface area contributed by atoms with Crippen LogP contribution in [0, 0.1) is 6.92 Å². The van der Waals surface area contributed by atoms with Crippen molar-refractivity contribution in [1.82, 2.24) is 14.2 Å². The van der Waals surface area contributed by atoms with E-state index in [2.05, 4.69) is 56.5 Å². The topological polar surface area (TPSA) is 102 Å². The van der Waals surface area contributed by atoms with Crippen molar-refractivity contribution in [1.29, 1.82) is 0 Å². The van der Waals surface area contributed by atoms with Gasteiger partial charge in [-0.1, -0.05) is 24.3 Å². The average molecular weight is 562 g/mol. The number of carbonyl (C=O) groups excluding carboxylic acids is 1. The molecule has 0 aliphatic carbocycles. The normalized spacial score (nSPS) is 19.0. The number of H-pyrrole nitrogens is 1. The minimum absolute atomic E-state index is 0.112. The number of furan rings is 1. The highest BCUT2D eigenvalue weighted by molar-refractivity contribution is 7.88. The molecule has 1 fully saturated rings. The third-order valence-corrected chi connectivity index (χ3v) is 9.92. The number of piperazine rings is 1. The van der Waals surface area contributed by atoms with Gasteiger partial charge in [0.2, 0.25) is 5.09 Å². The van der Waals surface area contributed by atoms with Crippen LogP contribution in [0.2, 0.25) is 0 Å². The van der Waals surface area contributed by atoms with Gasteiger partial charge in [0.05, 0.1) is 11.6 Å². The van der Waals surface area contributed by atoms with Gasteiger partial charge in [-0.3, -0.25) is 9.69 Å². The molecular formula is C30H35N5O4S. The Balaban J connectivity index is 1.30. The first-order chi connectivity index (χ1) is 19.2. The number of benzene rings is 2. The van der Waals surface area contributed by atoms with Crippen molar-refractivity contribution < 1.29 is 17.6 Å². The van der Waals surface area contributed by atoms with Gasteiger partial charge in [-0.2, -0.15) is 0 Å². The van der Waals surface area contributed by atoms with E-state index in [1.807, 2.05) is 18.3 Å². The van der Waals surface area contributed by atoms with Gasteiger partial charge >= 0.3 is 0 Å². The number of aryl methyl sites for hydroxylation is 2. The summed E-state index contributed by atoms with van der Waals surface area (Å²) < 4.78 is 32.3. The number of Topliss-reactive ketones (excluding diaryl/α,β-unsaturated/α-hetero) is 1. The lowest BCUT2D eigenvalue weighted by Gasteiger charge is -2.43. The number of anilines is 2. The molecule has 2 aliphatic heterocycles. The minimum Gasteiger partial charge on any atom is -0.448 e. The van der Waals surface area contributed by atoms with Gasteiger partial charge in [-0.15, -0.1) is 0 Å². The number of sulfonamides is 1. The molecule has 0 radical (unpaired) electrons. The van der Waals surface area contributed by atoms with Crippen LogP contribution in [-0.2, 0) is 16.4 Å². The predicted octanol–water partition coefficient (Wildman–Crippen LogP) is 4.12. The summed E-state index contributed by atoms with van der Waals surface area (Å²) in [5.41, 5.74) is 4.92. The van der Waals surface area contributed by atoms with E-state index < -0.39 is 16.1 Å². The second kappa shape index (κ2) is 10.4. The Morgan fingerprint density at radius 2 is 1.82 bits per heavy atom. The number of para-hydroxylation sites is 1. The SMILES string of the molecule is Cc1oc(S(=O)(=O)N(C)C)cc1C(=O)C(C1CCc2ccccc2N1)N1CCN(c2cccc3[nH]ccc23)CC1. The van der Waals surface area contributed by atoms with Gasteiger partial charge in [-0.25, -0.2) is 12.7 Å². The molecule has 1 saturated heterocycles. The van der Waals surface area contributed by atoms with E-state index in [4.69, 9.17) is 4.42 Å². The third-order valence-electron chi connectivity index (χ3n) is 8.25. The zero-order chi connectivity index (χ0) is 28.0. The summed E-state index contributed by atoms with van der Waals surface area (Å²) in [6, 6.07) is 17.4. The van der Waals surface area contributed by atoms with Crippen molar-refractivity contribution >= 4 is 38.1 Å². The lowest BCUT2D eigenvalue weighted by atomic mass is 9.88. The number of fused-ring (bicyclic) bond motifs is 2. The second-order valence-electron chi connectivity index (χ2n) is 10.8. The standard InChI is InChI=1S/C30H35N5O4S/c1-20-23(19-28(39-20)40(37,38)33(2)3)30(36)29(26-12-11-21-7-4-5-8-24(21)32-26)35-17-15-34(16-18-35)27-10-6-9-25-22(27)13-14-31-25/h4-10,13-14,19,26,29,31-32H,11-12,15-18H2,1-3H3. The van der Waals surface area contributed by atoms with Crippen molar-refractivity contribution in [2.24, 2.45) is 0 Å². The average Bonchev–Trinajstić information content (AvgIpc) is 3.60. The van der Waals surface area contributed by atoms with E-state index >= 15 is 0 Å². The zero-order valence-electron chi connectivity index (χ0n) is 23.1. The second-order valence-corrected chi connectivity index (χ2v) is 12.9. The van der Waals surface area contributed by atoms with Gasteiger partial charge in [0.15, 0.2) is 5.78 Å². The highest BCUT2D eigenvalue weighted by Gasteiger charge is 2.39. The van der Waals surface area contributed by atoms with E-state index in [1.54, 1.807) is 6.92 Å². The van der Waals surface area contributed by atoms with Crippen LogP contribution in [0.4, 0.5) is 11.4 Å². The fraction of sp³-hybridized carbons (Fsp3) is 0.367. The summed E-state index contributed by atoms with van der Waals surface area (Å²) >= 11 is 0. The molecule has 210 valence electrons. The summed E-state index contributed by atoms with van der Waals surface area (Å²) in [6.07, 6.45) is 3.64. The summed E-state index contributed by atoms with van der Waals surface area (Å²) in [6.45, 7) is 4.63. The number of ketones is 1. The highest BCUT2D eigenvalue weighted by atomic mass is 32.2. The van der Waals surface area contributed by atoms with Gasteiger partial charge < -0.3 is 19.6 Å². The van der Waals surface area contributed by atoms with Crippen LogP contribution in [0.3, 0.4) is 0 Å². The predicted molar refractivity (Wildman–Crippen MR) is 157 cm³/mol. The molecule has 6 rings (SSSR count). The number of nitrogens with one attached hydrogen (secondary N) is 2. The maximum atomic E-state index is 14.3. The van der Waals surface area contributed by atoms with Crippen molar-refractivity contribution in [3.05, 3.63) is 77.7 Å². The van der Waals surface area contributed by atoms with E-state index in [-0.39, 0.29) is 16.9 Å². The van der Waals surface area contributed by atoms with Gasteiger partial charge in [0.1, 0.15) is 5.76 Å². The Morgan fingerprint density at radius 1 is 1.05 bits per heavy atom. The number of aromatic amines is 1. The van der Waals surface area contributed by atoms with Crippen LogP contribution in [0.25, 0.3) is 10.9 Å². The molecule has 2 unspecified atom stereocenters. The monoisotopic (exact) mass is 561 g/mol. The maximum Gasteiger partial charge on any atom is 0.275 e. The Kier molecular flexibility index (Phi) is 6.93. The lowest BCUT2D eigenvalue weighted by molar-refractivity contribution is 0.0769. The quantitative estimate of drug-likeness (QED) is 0.327. The fourth-order valence-electron chi connectivity index (χ4n) is 6.05. The molecule has 9 nitrogen and oxygen atoms in total. The first kappa shape index (κ1) is 26.6. The number of rotatable bonds is 7. The molecule has 2 aromatic heterocycles. The first-order valence-electron chi connectivity index (χ1n) is 13.7. The number of carbonyl (C=O) groups is 1. The molecule has 2 aliphatic rings. The van der Waals surface area contributed by atoms with E-state index in [0.717, 1.165) is 41.4 Å². The van der Waals surface area contributed by atoms with Gasteiger partial charge in [0.25, 0.3) is 10.0 Å². The van der Waals surface area contributed by atoms with Crippen LogP contribution in [0.1, 0.15) is 28.1 Å². The lowest BCUT2D eigenvalue weighted by Crippen LogP contribution is -2.58. The van der Waals surface area contributed by atoms with Crippen molar-refractivity contribution in [3.8, 4) is 0 Å². The summed E-state index contributed by atoms with van der Waals surface area (Å²) in [7, 11) is -0.897. The minimum atomic E-state index is -3.80. The molecule has 10 heteroatoms. The van der Waals surface area contributed by atoms with Crippen LogP contribution < -0.4 is 10.2 Å². The fourth-order valence-corrected chi connectivity index (χ4v) is 6.91. The largest absolute Gasteiger partial charge is 0.448 e. The number of nitrogens with zero attached hydrogens (tertiary/aromatic N) is 3. The molecule has 0 bridgehead atoms. The first-order valence-corrected chi connectivity index (χ1v) is 15.1. The Morgan fingerprint density at radius 3 is 2.60 bits per heavy atom. The van der Waals surface area contributed by atoms with Crippen molar-refractivity contribution in [3.63, 3.8) is 0 Å². The summed E-state index contributed by atoms with van der Waals surface area (Å²) in [5.74, 6) is 0.212. The molecule has 0 saturated carbocycles. The Hall–Kier alpha value is -3.60. The number of hydrogen-bond donors (Lipinski definition) is 2. The van der Waals surface area contributed by atoms with E-state index in [1.165, 1.54) is 36.8 Å². The molecule has 0 spiro atoms. The van der Waals surface area contributed by atoms with Gasteiger partial charge in [-0.05, 0) is 49.6 Å². The van der Waals surface area contributed by atoms with Crippen molar-refractivity contribution in [2.45, 2.75) is 36.9 Å². The zero-order valence-corrected chi connectivity index (χ0v) is 23.9. The van der Waals surface area contributed by atoms with Crippen molar-refractivity contribution in [2.75, 3.05) is 50.5 Å². The Bertz CT molecular complexity index is 1650. The molecule has 2 aromatic carbocycles. The smallest absolute Gasteiger partial charge is 0.275 e. The summed E-state index contributed by atoms with van der Waals surface area (Å²) in [4.78, 5) is 22.2. The molecule has 2 atom stereocenters. The molecule has 4 aromatic rings. The van der Waals surface area contributed by atoms with E-state index in [9.17, 15) is 13.2 Å². The van der Waals surface area contributed by atoms with Crippen LogP contribution in [0.5, 0.6) is 0 Å². The molecule has 40 heavy (non-hydrogen) atoms. The number of aromatic nitrogens is 1. The maximum absolute atomic E-state index is 14.3. The van der Waals surface area contributed by atoms with E-state index in [0.29, 0.717) is 24.4 Å². The Labute approximate surface area is 234 Å². The third kappa shape index (κ3) is 4.70. The highest BCUT2D eigenvalue weighted by Crippen LogP contribution is 2.32. The van der Waals surface area contributed by atoms with Crippen LogP contribution >= 0.6 is 0 Å². The van der Waals surface area contributed by atoms with Gasteiger partial charge in [0, 0.05) is 80.9 Å². The number of hydrogen-bond acceptors (Lipinski definition) is 7. The van der Waals surface area contributed by atoms with Crippen LogP contribution in [0.15, 0.2) is 70.3 Å². The molecule has 4 heterocycles. The molecule has 0 amide bonds.